The van der Waals surface area contributed by atoms with Gasteiger partial charge in [-0.25, -0.2) is 4.79 Å². The van der Waals surface area contributed by atoms with E-state index in [1.54, 1.807) is 36.3 Å². The van der Waals surface area contributed by atoms with Gasteiger partial charge < -0.3 is 29.7 Å². The minimum absolute atomic E-state index is 0.165. The topological polar surface area (TPSA) is 113 Å². The fourth-order valence-electron chi connectivity index (χ4n) is 3.42. The van der Waals surface area contributed by atoms with Crippen LogP contribution in [0.3, 0.4) is 0 Å². The van der Waals surface area contributed by atoms with E-state index in [1.165, 1.54) is 7.11 Å². The summed E-state index contributed by atoms with van der Waals surface area (Å²) in [6.07, 6.45) is -0.254. The summed E-state index contributed by atoms with van der Waals surface area (Å²) in [5.74, 6) is 0.364. The molecule has 1 saturated heterocycles. The van der Waals surface area contributed by atoms with Crippen LogP contribution >= 0.6 is 0 Å². The summed E-state index contributed by atoms with van der Waals surface area (Å²) in [5.41, 5.74) is 0.700. The number of nitriles is 1. The number of amides is 3. The second-order valence-electron chi connectivity index (χ2n) is 7.78. The summed E-state index contributed by atoms with van der Waals surface area (Å²) in [7, 11) is 3.03. The lowest BCUT2D eigenvalue weighted by Gasteiger charge is -2.30. The first kappa shape index (κ1) is 24.4. The smallest absolute Gasteiger partial charge is 0.318 e. The molecular weight excluding hydrogens is 400 g/mol. The Balaban J connectivity index is 2.12. The van der Waals surface area contributed by atoms with Crippen LogP contribution in [-0.2, 0) is 14.3 Å². The van der Waals surface area contributed by atoms with Crippen molar-refractivity contribution in [1.29, 1.82) is 5.26 Å². The summed E-state index contributed by atoms with van der Waals surface area (Å²) in [5, 5.41) is 15.3. The fraction of sp³-hybridized carbons (Fsp3) is 0.591. The highest BCUT2D eigenvalue weighted by Gasteiger charge is 2.30. The molecule has 1 unspecified atom stereocenters. The Morgan fingerprint density at radius 1 is 1.23 bits per heavy atom. The van der Waals surface area contributed by atoms with E-state index in [0.29, 0.717) is 44.0 Å². The van der Waals surface area contributed by atoms with Gasteiger partial charge >= 0.3 is 6.03 Å². The average molecular weight is 433 g/mol. The van der Waals surface area contributed by atoms with Gasteiger partial charge in [-0.05, 0) is 30.0 Å². The lowest BCUT2D eigenvalue weighted by Crippen LogP contribution is -2.55. The molecule has 0 radical (unpaired) electrons. The van der Waals surface area contributed by atoms with Crippen LogP contribution in [-0.4, -0.2) is 69.4 Å². The molecule has 0 bridgehead atoms. The number of carbonyl (C=O) groups excluding carboxylic acids is 2. The highest BCUT2D eigenvalue weighted by Crippen LogP contribution is 2.24. The van der Waals surface area contributed by atoms with Crippen LogP contribution in [0.2, 0.25) is 0 Å². The molecule has 9 heteroatoms. The lowest BCUT2D eigenvalue weighted by molar-refractivity contribution is -0.124. The van der Waals surface area contributed by atoms with Crippen LogP contribution in [0.15, 0.2) is 24.3 Å². The van der Waals surface area contributed by atoms with Crippen LogP contribution in [0.4, 0.5) is 4.79 Å². The van der Waals surface area contributed by atoms with Gasteiger partial charge in [0.25, 0.3) is 0 Å². The van der Waals surface area contributed by atoms with Crippen LogP contribution in [0.25, 0.3) is 0 Å². The molecule has 0 saturated carbocycles. The van der Waals surface area contributed by atoms with E-state index in [-0.39, 0.29) is 11.9 Å². The Morgan fingerprint density at radius 3 is 2.52 bits per heavy atom. The van der Waals surface area contributed by atoms with Gasteiger partial charge in [0.2, 0.25) is 5.91 Å². The number of hydrogen-bond acceptors (Lipinski definition) is 6. The summed E-state index contributed by atoms with van der Waals surface area (Å²) in [6, 6.07) is 7.23. The summed E-state index contributed by atoms with van der Waals surface area (Å²) < 4.78 is 16.0. The van der Waals surface area contributed by atoms with E-state index < -0.39 is 24.1 Å². The fourth-order valence-corrected chi connectivity index (χ4v) is 3.42. The Bertz CT molecular complexity index is 773. The molecule has 31 heavy (non-hydrogen) atoms. The van der Waals surface area contributed by atoms with E-state index >= 15 is 0 Å². The number of nitrogens with zero attached hydrogens (tertiary/aromatic N) is 2. The summed E-state index contributed by atoms with van der Waals surface area (Å²) in [4.78, 5) is 27.3. The van der Waals surface area contributed by atoms with E-state index in [2.05, 4.69) is 16.7 Å². The van der Waals surface area contributed by atoms with Gasteiger partial charge in [0.05, 0.1) is 26.4 Å². The van der Waals surface area contributed by atoms with Gasteiger partial charge in [0, 0.05) is 20.2 Å². The van der Waals surface area contributed by atoms with E-state index in [9.17, 15) is 14.9 Å². The highest BCUT2D eigenvalue weighted by molar-refractivity contribution is 5.87. The molecule has 0 aliphatic carbocycles. The molecule has 1 aromatic carbocycles. The Hall–Kier alpha value is -2.83. The highest BCUT2D eigenvalue weighted by atomic mass is 16.5. The molecule has 3 atom stereocenters. The SMILES string of the molecule is COc1cccc(C(OC)[C@@H](C#N)NC(=O)[C@H](CC(C)C)NC(=O)N2CCOCC2)c1. The van der Waals surface area contributed by atoms with Gasteiger partial charge in [0.15, 0.2) is 0 Å². The molecule has 1 heterocycles. The van der Waals surface area contributed by atoms with Crippen LogP contribution < -0.4 is 15.4 Å². The van der Waals surface area contributed by atoms with Crippen molar-refractivity contribution in [1.82, 2.24) is 15.5 Å². The summed E-state index contributed by atoms with van der Waals surface area (Å²) in [6.45, 7) is 5.84. The molecule has 170 valence electrons. The molecule has 2 N–H and O–H groups in total. The van der Waals surface area contributed by atoms with Crippen molar-refractivity contribution < 1.29 is 23.8 Å². The molecule has 1 fully saturated rings. The second kappa shape index (κ2) is 12.1. The summed E-state index contributed by atoms with van der Waals surface area (Å²) >= 11 is 0. The molecular formula is C22H32N4O5. The van der Waals surface area contributed by atoms with Crippen LogP contribution in [0.5, 0.6) is 5.75 Å². The number of methoxy groups -OCH3 is 2. The van der Waals surface area contributed by atoms with E-state index in [1.807, 2.05) is 13.8 Å². The van der Waals surface area contributed by atoms with Crippen molar-refractivity contribution in [3.63, 3.8) is 0 Å². The molecule has 2 rings (SSSR count). The Labute approximate surface area is 183 Å². The molecule has 1 aliphatic heterocycles. The second-order valence-corrected chi connectivity index (χ2v) is 7.78. The Kier molecular flexibility index (Phi) is 9.56. The van der Waals surface area contributed by atoms with Gasteiger partial charge in [0.1, 0.15) is 23.9 Å². The maximum Gasteiger partial charge on any atom is 0.318 e. The molecule has 9 nitrogen and oxygen atoms in total. The van der Waals surface area contributed by atoms with Crippen molar-refractivity contribution in [2.45, 2.75) is 38.5 Å². The van der Waals surface area contributed by atoms with Crippen molar-refractivity contribution in [3.8, 4) is 11.8 Å². The van der Waals surface area contributed by atoms with Crippen LogP contribution in [0.1, 0.15) is 31.9 Å². The minimum atomic E-state index is -0.945. The zero-order chi connectivity index (χ0) is 22.8. The molecule has 3 amide bonds. The number of morpholine rings is 1. The van der Waals surface area contributed by atoms with Crippen molar-refractivity contribution in [2.24, 2.45) is 5.92 Å². The van der Waals surface area contributed by atoms with Crippen molar-refractivity contribution >= 4 is 11.9 Å². The molecule has 0 aromatic heterocycles. The van der Waals surface area contributed by atoms with Gasteiger partial charge in [-0.2, -0.15) is 5.26 Å². The first-order valence-electron chi connectivity index (χ1n) is 10.4. The van der Waals surface area contributed by atoms with E-state index in [0.717, 1.165) is 0 Å². The third-order valence-corrected chi connectivity index (χ3v) is 5.04. The number of hydrogen-bond donors (Lipinski definition) is 2. The zero-order valence-corrected chi connectivity index (χ0v) is 18.6. The Morgan fingerprint density at radius 2 is 1.94 bits per heavy atom. The minimum Gasteiger partial charge on any atom is -0.497 e. The number of benzene rings is 1. The monoisotopic (exact) mass is 432 g/mol. The third kappa shape index (κ3) is 7.12. The quantitative estimate of drug-likeness (QED) is 0.616. The molecule has 1 aromatic rings. The predicted octanol–water partition coefficient (Wildman–Crippen LogP) is 1.85. The first-order valence-corrected chi connectivity index (χ1v) is 10.4. The third-order valence-electron chi connectivity index (χ3n) is 5.04. The zero-order valence-electron chi connectivity index (χ0n) is 18.6. The van der Waals surface area contributed by atoms with Gasteiger partial charge in [-0.3, -0.25) is 4.79 Å². The number of carbonyl (C=O) groups is 2. The predicted molar refractivity (Wildman–Crippen MR) is 114 cm³/mol. The van der Waals surface area contributed by atoms with Crippen molar-refractivity contribution in [3.05, 3.63) is 29.8 Å². The number of rotatable bonds is 9. The maximum absolute atomic E-state index is 13.0. The number of nitrogens with one attached hydrogen (secondary N) is 2. The largest absolute Gasteiger partial charge is 0.497 e. The molecule has 1 aliphatic rings. The van der Waals surface area contributed by atoms with Gasteiger partial charge in [-0.1, -0.05) is 26.0 Å². The van der Waals surface area contributed by atoms with Crippen LogP contribution in [0, 0.1) is 17.2 Å². The lowest BCUT2D eigenvalue weighted by atomic mass is 10.00. The first-order chi connectivity index (χ1) is 14.9. The number of ether oxygens (including phenoxy) is 3. The average Bonchev–Trinajstić information content (AvgIpc) is 2.78. The van der Waals surface area contributed by atoms with Crippen molar-refractivity contribution in [2.75, 3.05) is 40.5 Å². The maximum atomic E-state index is 13.0. The normalized spacial score (nSPS) is 16.7. The standard InChI is InChI=1S/C22H32N4O5/c1-15(2)12-18(25-22(28)26-8-10-31-11-9-26)21(27)24-19(14-23)20(30-4)16-6-5-7-17(13-16)29-3/h5-7,13,15,18-20H,8-12H2,1-4H3,(H,24,27)(H,25,28)/t18-,19+,20?/m0/s1. The van der Waals surface area contributed by atoms with E-state index in [4.69, 9.17) is 14.2 Å². The molecule has 0 spiro atoms. The number of urea groups is 1. The van der Waals surface area contributed by atoms with Gasteiger partial charge in [-0.15, -0.1) is 0 Å².